The van der Waals surface area contributed by atoms with Crippen molar-refractivity contribution in [2.75, 3.05) is 51.3 Å². The number of carbonyl (C=O) groups excluding carboxylic acids is 1. The van der Waals surface area contributed by atoms with Gasteiger partial charge in [0.2, 0.25) is 0 Å². The number of nitrogens with zero attached hydrogens (tertiary/aromatic N) is 2. The third-order valence-electron chi connectivity index (χ3n) is 4.82. The molecule has 0 saturated carbocycles. The quantitative estimate of drug-likeness (QED) is 0.761. The molecule has 27 heavy (non-hydrogen) atoms. The predicted octanol–water partition coefficient (Wildman–Crippen LogP) is 2.78. The third-order valence-corrected chi connectivity index (χ3v) is 4.82. The minimum absolute atomic E-state index is 0.226. The fraction of sp³-hybridized carbons (Fsp3) is 0.381. The largest absolute Gasteiger partial charge is 0.495 e. The normalized spacial score (nSPS) is 14.8. The van der Waals surface area contributed by atoms with Gasteiger partial charge in [0, 0.05) is 38.3 Å². The number of ether oxygens (including phenoxy) is 1. The molecule has 1 amide bonds. The molecule has 0 aliphatic carbocycles. The van der Waals surface area contributed by atoms with E-state index >= 15 is 0 Å². The van der Waals surface area contributed by atoms with E-state index in [0.29, 0.717) is 12.1 Å². The average Bonchev–Trinajstić information content (AvgIpc) is 2.71. The molecule has 3 rings (SSSR count). The molecule has 144 valence electrons. The zero-order chi connectivity index (χ0) is 19.1. The van der Waals surface area contributed by atoms with Crippen molar-refractivity contribution in [3.8, 4) is 5.75 Å². The van der Waals surface area contributed by atoms with Crippen molar-refractivity contribution in [1.29, 1.82) is 0 Å². The van der Waals surface area contributed by atoms with Gasteiger partial charge in [0.25, 0.3) is 5.91 Å². The summed E-state index contributed by atoms with van der Waals surface area (Å²) in [5.74, 6) is 0.289. The van der Waals surface area contributed by atoms with Gasteiger partial charge in [-0.15, -0.1) is 0 Å². The minimum Gasteiger partial charge on any atom is -0.495 e. The van der Waals surface area contributed by atoms with Crippen LogP contribution in [0.5, 0.6) is 5.75 Å². The summed E-state index contributed by atoms with van der Waals surface area (Å²) in [6.07, 6.45) is 0.871. The molecule has 1 N–H and O–H groups in total. The van der Waals surface area contributed by atoms with Crippen molar-refractivity contribution in [3.05, 3.63) is 59.9 Å². The molecule has 1 fully saturated rings. The molecular weight excluding hydrogens is 345 g/mol. The maximum absolute atomic E-state index is 13.2. The highest BCUT2D eigenvalue weighted by atomic mass is 19.1. The van der Waals surface area contributed by atoms with E-state index in [1.807, 2.05) is 18.2 Å². The smallest absolute Gasteiger partial charge is 0.251 e. The van der Waals surface area contributed by atoms with E-state index in [1.165, 1.54) is 12.1 Å². The van der Waals surface area contributed by atoms with Crippen molar-refractivity contribution in [2.24, 2.45) is 0 Å². The molecule has 5 nitrogen and oxygen atoms in total. The molecule has 0 spiro atoms. The molecule has 1 aliphatic heterocycles. The summed E-state index contributed by atoms with van der Waals surface area (Å²) < 4.78 is 18.6. The molecule has 0 unspecified atom stereocenters. The number of amides is 1. The Hall–Kier alpha value is -2.60. The average molecular weight is 371 g/mol. The van der Waals surface area contributed by atoms with E-state index in [9.17, 15) is 9.18 Å². The molecule has 0 aromatic heterocycles. The molecule has 0 radical (unpaired) electrons. The minimum atomic E-state index is -0.393. The topological polar surface area (TPSA) is 44.8 Å². The Bertz CT molecular complexity index is 761. The van der Waals surface area contributed by atoms with Crippen molar-refractivity contribution < 1.29 is 13.9 Å². The fourth-order valence-electron chi connectivity index (χ4n) is 3.34. The van der Waals surface area contributed by atoms with Crippen molar-refractivity contribution in [1.82, 2.24) is 10.2 Å². The Balaban J connectivity index is 1.38. The summed E-state index contributed by atoms with van der Waals surface area (Å²) in [6, 6.07) is 13.9. The van der Waals surface area contributed by atoms with Crippen molar-refractivity contribution in [3.63, 3.8) is 0 Å². The molecular formula is C21H26FN3O2. The summed E-state index contributed by atoms with van der Waals surface area (Å²) in [7, 11) is 1.70. The van der Waals surface area contributed by atoms with E-state index in [0.717, 1.165) is 50.6 Å². The number of benzene rings is 2. The van der Waals surface area contributed by atoms with Gasteiger partial charge in [0.05, 0.1) is 12.8 Å². The van der Waals surface area contributed by atoms with Crippen LogP contribution in [0.2, 0.25) is 0 Å². The van der Waals surface area contributed by atoms with Crippen LogP contribution in [0.3, 0.4) is 0 Å². The van der Waals surface area contributed by atoms with E-state index in [-0.39, 0.29) is 5.91 Å². The standard InChI is InChI=1S/C21H26FN3O2/c1-27-20-9-3-2-8-19(20)25-14-12-24(13-15-25)11-5-10-23-21(26)17-6-4-7-18(22)16-17/h2-4,6-9,16H,5,10-15H2,1H3,(H,23,26). The highest BCUT2D eigenvalue weighted by molar-refractivity contribution is 5.94. The number of para-hydroxylation sites is 2. The number of methoxy groups -OCH3 is 1. The Labute approximate surface area is 159 Å². The number of carbonyl (C=O) groups is 1. The van der Waals surface area contributed by atoms with Gasteiger partial charge < -0.3 is 15.0 Å². The second-order valence-electron chi connectivity index (χ2n) is 6.62. The van der Waals surface area contributed by atoms with Gasteiger partial charge in [-0.05, 0) is 43.3 Å². The number of nitrogens with one attached hydrogen (secondary N) is 1. The first-order valence-corrected chi connectivity index (χ1v) is 9.31. The summed E-state index contributed by atoms with van der Waals surface area (Å²) in [5, 5.41) is 2.86. The first-order valence-electron chi connectivity index (χ1n) is 9.31. The fourth-order valence-corrected chi connectivity index (χ4v) is 3.34. The summed E-state index contributed by atoms with van der Waals surface area (Å²) in [4.78, 5) is 16.7. The monoisotopic (exact) mass is 371 g/mol. The number of rotatable bonds is 7. The first kappa shape index (κ1) is 19.2. The van der Waals surface area contributed by atoms with Gasteiger partial charge in [-0.25, -0.2) is 4.39 Å². The molecule has 2 aromatic rings. The number of hydrogen-bond acceptors (Lipinski definition) is 4. The van der Waals surface area contributed by atoms with Crippen LogP contribution < -0.4 is 15.0 Å². The second-order valence-corrected chi connectivity index (χ2v) is 6.62. The van der Waals surface area contributed by atoms with Gasteiger partial charge in [-0.3, -0.25) is 9.69 Å². The van der Waals surface area contributed by atoms with Crippen LogP contribution in [0.25, 0.3) is 0 Å². The third kappa shape index (κ3) is 5.20. The summed E-state index contributed by atoms with van der Waals surface area (Å²) >= 11 is 0. The maximum atomic E-state index is 13.2. The highest BCUT2D eigenvalue weighted by Gasteiger charge is 2.19. The lowest BCUT2D eigenvalue weighted by atomic mass is 10.2. The van der Waals surface area contributed by atoms with Crippen LogP contribution in [-0.2, 0) is 0 Å². The molecule has 2 aromatic carbocycles. The highest BCUT2D eigenvalue weighted by Crippen LogP contribution is 2.28. The Morgan fingerprint density at radius 2 is 1.89 bits per heavy atom. The van der Waals surface area contributed by atoms with E-state index in [4.69, 9.17) is 4.74 Å². The van der Waals surface area contributed by atoms with Gasteiger partial charge in [-0.1, -0.05) is 18.2 Å². The van der Waals surface area contributed by atoms with Crippen LogP contribution in [0.1, 0.15) is 16.8 Å². The maximum Gasteiger partial charge on any atom is 0.251 e. The number of piperazine rings is 1. The number of hydrogen-bond donors (Lipinski definition) is 1. The molecule has 1 saturated heterocycles. The van der Waals surface area contributed by atoms with Crippen molar-refractivity contribution in [2.45, 2.75) is 6.42 Å². The molecule has 1 heterocycles. The van der Waals surface area contributed by atoms with E-state index < -0.39 is 5.82 Å². The van der Waals surface area contributed by atoms with Crippen LogP contribution in [0.4, 0.5) is 10.1 Å². The Morgan fingerprint density at radius 1 is 1.11 bits per heavy atom. The van der Waals surface area contributed by atoms with E-state index in [2.05, 4.69) is 21.2 Å². The van der Waals surface area contributed by atoms with E-state index in [1.54, 1.807) is 19.2 Å². The SMILES string of the molecule is COc1ccccc1N1CCN(CCCNC(=O)c2cccc(F)c2)CC1. The van der Waals surface area contributed by atoms with Gasteiger partial charge in [-0.2, -0.15) is 0 Å². The zero-order valence-electron chi connectivity index (χ0n) is 15.7. The molecule has 0 atom stereocenters. The van der Waals surface area contributed by atoms with Crippen LogP contribution in [0.15, 0.2) is 48.5 Å². The van der Waals surface area contributed by atoms with Crippen molar-refractivity contribution >= 4 is 11.6 Å². The predicted molar refractivity (Wildman–Crippen MR) is 105 cm³/mol. The summed E-state index contributed by atoms with van der Waals surface area (Å²) in [6.45, 7) is 5.39. The zero-order valence-corrected chi connectivity index (χ0v) is 15.7. The number of anilines is 1. The molecule has 0 bridgehead atoms. The Kier molecular flexibility index (Phi) is 6.65. The summed E-state index contributed by atoms with van der Waals surface area (Å²) in [5.41, 5.74) is 1.50. The van der Waals surface area contributed by atoms with Crippen LogP contribution in [-0.4, -0.2) is 57.2 Å². The first-order chi connectivity index (χ1) is 13.2. The number of halogens is 1. The van der Waals surface area contributed by atoms with Gasteiger partial charge in [0.1, 0.15) is 11.6 Å². The lowest BCUT2D eigenvalue weighted by molar-refractivity contribution is 0.0951. The molecule has 1 aliphatic rings. The lowest BCUT2D eigenvalue weighted by Crippen LogP contribution is -2.47. The second kappa shape index (κ2) is 9.37. The van der Waals surface area contributed by atoms with Crippen LogP contribution >= 0.6 is 0 Å². The lowest BCUT2D eigenvalue weighted by Gasteiger charge is -2.36. The van der Waals surface area contributed by atoms with Gasteiger partial charge in [0.15, 0.2) is 0 Å². The van der Waals surface area contributed by atoms with Gasteiger partial charge >= 0.3 is 0 Å². The van der Waals surface area contributed by atoms with Crippen LogP contribution in [0, 0.1) is 5.82 Å². The Morgan fingerprint density at radius 3 is 2.63 bits per heavy atom. The molecule has 6 heteroatoms.